The Balaban J connectivity index is 2.56. The molecule has 0 aliphatic rings. The minimum Gasteiger partial charge on any atom is -0.493 e. The van der Waals surface area contributed by atoms with Crippen molar-refractivity contribution in [3.8, 4) is 11.8 Å². The van der Waals surface area contributed by atoms with Crippen LogP contribution in [-0.4, -0.2) is 17.5 Å². The minimum absolute atomic E-state index is 0.526. The SMILES string of the molecule is CC(=NO)c1ccccc1OCCCCC#N. The summed E-state index contributed by atoms with van der Waals surface area (Å²) in [7, 11) is 0. The highest BCUT2D eigenvalue weighted by molar-refractivity contribution is 6.00. The first-order chi connectivity index (χ1) is 8.29. The normalized spacial score (nSPS) is 10.9. The van der Waals surface area contributed by atoms with Crippen molar-refractivity contribution < 1.29 is 9.94 Å². The van der Waals surface area contributed by atoms with Crippen LogP contribution in [0, 0.1) is 11.3 Å². The van der Waals surface area contributed by atoms with Crippen LogP contribution < -0.4 is 4.74 Å². The van der Waals surface area contributed by atoms with E-state index in [1.165, 1.54) is 0 Å². The predicted octanol–water partition coefficient (Wildman–Crippen LogP) is 2.96. The van der Waals surface area contributed by atoms with Gasteiger partial charge in [0.1, 0.15) is 5.75 Å². The Hall–Kier alpha value is -2.02. The molecule has 0 spiro atoms. The number of rotatable bonds is 6. The van der Waals surface area contributed by atoms with Gasteiger partial charge >= 0.3 is 0 Å². The summed E-state index contributed by atoms with van der Waals surface area (Å²) in [6.45, 7) is 2.29. The molecule has 1 rings (SSSR count). The summed E-state index contributed by atoms with van der Waals surface area (Å²) < 4.78 is 5.61. The second kappa shape index (κ2) is 7.29. The van der Waals surface area contributed by atoms with Gasteiger partial charge in [0.15, 0.2) is 0 Å². The van der Waals surface area contributed by atoms with E-state index in [-0.39, 0.29) is 0 Å². The van der Waals surface area contributed by atoms with Crippen LogP contribution in [0.25, 0.3) is 0 Å². The van der Waals surface area contributed by atoms with Gasteiger partial charge in [-0.05, 0) is 31.9 Å². The van der Waals surface area contributed by atoms with Gasteiger partial charge in [-0.2, -0.15) is 5.26 Å². The number of nitriles is 1. The van der Waals surface area contributed by atoms with Gasteiger partial charge in [-0.1, -0.05) is 17.3 Å². The maximum atomic E-state index is 8.75. The predicted molar refractivity (Wildman–Crippen MR) is 65.4 cm³/mol. The lowest BCUT2D eigenvalue weighted by Crippen LogP contribution is -2.03. The average molecular weight is 232 g/mol. The van der Waals surface area contributed by atoms with Crippen molar-refractivity contribution in [3.63, 3.8) is 0 Å². The van der Waals surface area contributed by atoms with Crippen LogP contribution >= 0.6 is 0 Å². The van der Waals surface area contributed by atoms with E-state index >= 15 is 0 Å². The van der Waals surface area contributed by atoms with Gasteiger partial charge in [-0.15, -0.1) is 0 Å². The van der Waals surface area contributed by atoms with E-state index in [4.69, 9.17) is 15.2 Å². The van der Waals surface area contributed by atoms with Gasteiger partial charge in [-0.25, -0.2) is 0 Å². The van der Waals surface area contributed by atoms with Crippen molar-refractivity contribution in [2.75, 3.05) is 6.61 Å². The highest BCUT2D eigenvalue weighted by Crippen LogP contribution is 2.19. The third-order valence-corrected chi connectivity index (χ3v) is 2.37. The monoisotopic (exact) mass is 232 g/mol. The summed E-state index contributed by atoms with van der Waals surface area (Å²) >= 11 is 0. The average Bonchev–Trinajstić information content (AvgIpc) is 2.38. The summed E-state index contributed by atoms with van der Waals surface area (Å²) in [4.78, 5) is 0. The van der Waals surface area contributed by atoms with E-state index in [9.17, 15) is 0 Å². The molecule has 4 heteroatoms. The summed E-state index contributed by atoms with van der Waals surface area (Å²) in [5.74, 6) is 0.708. The highest BCUT2D eigenvalue weighted by atomic mass is 16.5. The van der Waals surface area contributed by atoms with Gasteiger partial charge in [0, 0.05) is 12.0 Å². The quantitative estimate of drug-likeness (QED) is 0.355. The zero-order valence-corrected chi connectivity index (χ0v) is 9.89. The minimum atomic E-state index is 0.526. The smallest absolute Gasteiger partial charge is 0.128 e. The molecule has 0 fully saturated rings. The van der Waals surface area contributed by atoms with Crippen molar-refractivity contribution in [1.82, 2.24) is 0 Å². The first-order valence-corrected chi connectivity index (χ1v) is 5.57. The fourth-order valence-electron chi connectivity index (χ4n) is 1.43. The molecule has 1 N–H and O–H groups in total. The van der Waals surface area contributed by atoms with Gasteiger partial charge in [0.05, 0.1) is 18.4 Å². The lowest BCUT2D eigenvalue weighted by molar-refractivity contribution is 0.304. The van der Waals surface area contributed by atoms with Crippen LogP contribution in [-0.2, 0) is 0 Å². The van der Waals surface area contributed by atoms with Gasteiger partial charge in [-0.3, -0.25) is 0 Å². The second-order valence-corrected chi connectivity index (χ2v) is 3.65. The fraction of sp³-hybridized carbons (Fsp3) is 0.385. The number of hydrogen-bond donors (Lipinski definition) is 1. The van der Waals surface area contributed by atoms with Crippen LogP contribution in [0.15, 0.2) is 29.4 Å². The third-order valence-electron chi connectivity index (χ3n) is 2.37. The number of nitrogens with zero attached hydrogens (tertiary/aromatic N) is 2. The Bertz CT molecular complexity index is 422. The maximum absolute atomic E-state index is 8.75. The number of ether oxygens (including phenoxy) is 1. The molecule has 0 aromatic heterocycles. The molecule has 0 unspecified atom stereocenters. The molecular weight excluding hydrogens is 216 g/mol. The van der Waals surface area contributed by atoms with Gasteiger partial charge < -0.3 is 9.94 Å². The lowest BCUT2D eigenvalue weighted by atomic mass is 10.1. The fourth-order valence-corrected chi connectivity index (χ4v) is 1.43. The van der Waals surface area contributed by atoms with E-state index in [1.807, 2.05) is 24.3 Å². The Morgan fingerprint density at radius 1 is 1.41 bits per heavy atom. The molecule has 4 nitrogen and oxygen atoms in total. The van der Waals surface area contributed by atoms with Gasteiger partial charge in [0.2, 0.25) is 0 Å². The zero-order chi connectivity index (χ0) is 12.5. The van der Waals surface area contributed by atoms with E-state index in [0.717, 1.165) is 18.4 Å². The molecule has 0 aliphatic carbocycles. The van der Waals surface area contributed by atoms with Gasteiger partial charge in [0.25, 0.3) is 0 Å². The Morgan fingerprint density at radius 2 is 2.18 bits per heavy atom. The third kappa shape index (κ3) is 4.15. The molecule has 0 radical (unpaired) electrons. The first kappa shape index (κ1) is 13.0. The van der Waals surface area contributed by atoms with Crippen LogP contribution in [0.4, 0.5) is 0 Å². The van der Waals surface area contributed by atoms with E-state index in [0.29, 0.717) is 24.5 Å². The number of benzene rings is 1. The van der Waals surface area contributed by atoms with E-state index < -0.39 is 0 Å². The maximum Gasteiger partial charge on any atom is 0.128 e. The molecule has 0 saturated carbocycles. The molecular formula is C13H16N2O2. The van der Waals surface area contributed by atoms with E-state index in [2.05, 4.69) is 11.2 Å². The molecule has 90 valence electrons. The first-order valence-electron chi connectivity index (χ1n) is 5.57. The van der Waals surface area contributed by atoms with Crippen LogP contribution in [0.1, 0.15) is 31.7 Å². The molecule has 0 aliphatic heterocycles. The Kier molecular flexibility index (Phi) is 5.59. The van der Waals surface area contributed by atoms with Crippen molar-refractivity contribution in [3.05, 3.63) is 29.8 Å². The number of unbranched alkanes of at least 4 members (excludes halogenated alkanes) is 2. The zero-order valence-electron chi connectivity index (χ0n) is 9.89. The standard InChI is InChI=1S/C13H16N2O2/c1-11(15-16)12-7-3-4-8-13(12)17-10-6-2-5-9-14/h3-4,7-8,16H,2,5-6,10H2,1H3. The van der Waals surface area contributed by atoms with Crippen LogP contribution in [0.3, 0.4) is 0 Å². The lowest BCUT2D eigenvalue weighted by Gasteiger charge is -2.09. The second-order valence-electron chi connectivity index (χ2n) is 3.65. The number of oxime groups is 1. The molecule has 0 bridgehead atoms. The van der Waals surface area contributed by atoms with Crippen molar-refractivity contribution >= 4 is 5.71 Å². The molecule has 0 atom stereocenters. The molecule has 1 aromatic rings. The summed E-state index contributed by atoms with van der Waals surface area (Å²) in [6.07, 6.45) is 2.24. The van der Waals surface area contributed by atoms with E-state index in [1.54, 1.807) is 6.92 Å². The largest absolute Gasteiger partial charge is 0.493 e. The Morgan fingerprint density at radius 3 is 2.88 bits per heavy atom. The molecule has 17 heavy (non-hydrogen) atoms. The molecule has 1 aromatic carbocycles. The van der Waals surface area contributed by atoms with Crippen LogP contribution in [0.2, 0.25) is 0 Å². The van der Waals surface area contributed by atoms with Crippen molar-refractivity contribution in [2.45, 2.75) is 26.2 Å². The van der Waals surface area contributed by atoms with Crippen molar-refractivity contribution in [1.29, 1.82) is 5.26 Å². The van der Waals surface area contributed by atoms with Crippen molar-refractivity contribution in [2.24, 2.45) is 5.16 Å². The summed E-state index contributed by atoms with van der Waals surface area (Å²) in [5.41, 5.74) is 1.31. The van der Waals surface area contributed by atoms with Crippen LogP contribution in [0.5, 0.6) is 5.75 Å². The number of hydrogen-bond acceptors (Lipinski definition) is 4. The molecule has 0 saturated heterocycles. The Labute approximate surface area is 101 Å². The molecule has 0 amide bonds. The summed E-state index contributed by atoms with van der Waals surface area (Å²) in [6, 6.07) is 9.53. The topological polar surface area (TPSA) is 65.6 Å². The molecule has 0 heterocycles. The number of para-hydroxylation sites is 1. The highest BCUT2D eigenvalue weighted by Gasteiger charge is 2.05. The summed E-state index contributed by atoms with van der Waals surface area (Å²) in [5, 5.41) is 20.3.